The highest BCUT2D eigenvalue weighted by molar-refractivity contribution is 9.11. The molecule has 116 valence electrons. The summed E-state index contributed by atoms with van der Waals surface area (Å²) >= 11 is 7.01. The Morgan fingerprint density at radius 1 is 1.33 bits per heavy atom. The third-order valence-electron chi connectivity index (χ3n) is 3.03. The van der Waals surface area contributed by atoms with Crippen molar-refractivity contribution in [1.82, 2.24) is 10.6 Å². The van der Waals surface area contributed by atoms with E-state index in [9.17, 15) is 4.79 Å². The van der Waals surface area contributed by atoms with Gasteiger partial charge in [0.1, 0.15) is 5.75 Å². The van der Waals surface area contributed by atoms with Crippen LogP contribution in [0.3, 0.4) is 0 Å². The zero-order valence-corrected chi connectivity index (χ0v) is 15.4. The number of hydrogen-bond acceptors (Lipinski definition) is 3. The van der Waals surface area contributed by atoms with Crippen LogP contribution in [-0.2, 0) is 11.3 Å². The summed E-state index contributed by atoms with van der Waals surface area (Å²) < 4.78 is 7.29. The molecule has 0 bridgehead atoms. The Kier molecular flexibility index (Phi) is 6.08. The number of rotatable bonds is 7. The van der Waals surface area contributed by atoms with Crippen LogP contribution in [0.2, 0.25) is 0 Å². The maximum atomic E-state index is 11.6. The van der Waals surface area contributed by atoms with Gasteiger partial charge in [0.25, 0.3) is 5.91 Å². The van der Waals surface area contributed by atoms with Gasteiger partial charge in [0.05, 0.1) is 8.95 Å². The number of amides is 1. The van der Waals surface area contributed by atoms with E-state index in [-0.39, 0.29) is 18.6 Å². The Morgan fingerprint density at radius 2 is 1.95 bits per heavy atom. The Hall–Kier alpha value is -0.590. The van der Waals surface area contributed by atoms with Crippen LogP contribution in [0.5, 0.6) is 5.75 Å². The van der Waals surface area contributed by atoms with Crippen LogP contribution in [0.1, 0.15) is 32.3 Å². The average molecular weight is 420 g/mol. The third kappa shape index (κ3) is 5.60. The van der Waals surface area contributed by atoms with Crippen molar-refractivity contribution in [3.63, 3.8) is 0 Å². The number of halogens is 2. The van der Waals surface area contributed by atoms with Crippen molar-refractivity contribution in [1.29, 1.82) is 0 Å². The second-order valence-corrected chi connectivity index (χ2v) is 7.26. The molecule has 4 nitrogen and oxygen atoms in total. The number of nitrogens with one attached hydrogen (secondary N) is 2. The summed E-state index contributed by atoms with van der Waals surface area (Å²) in [6.45, 7) is 4.70. The van der Waals surface area contributed by atoms with Gasteiger partial charge < -0.3 is 15.4 Å². The molecule has 1 amide bonds. The van der Waals surface area contributed by atoms with E-state index in [4.69, 9.17) is 4.74 Å². The Balaban J connectivity index is 1.94. The molecule has 0 heterocycles. The highest BCUT2D eigenvalue weighted by Crippen LogP contribution is 2.35. The fourth-order valence-corrected chi connectivity index (χ4v) is 3.41. The SMILES string of the molecule is CC(C)NC(=O)COc1c(Br)cc(CNC2CC2)cc1Br. The molecular formula is C15H20Br2N2O2. The molecular weight excluding hydrogens is 400 g/mol. The van der Waals surface area contributed by atoms with E-state index < -0.39 is 0 Å². The quantitative estimate of drug-likeness (QED) is 0.712. The fraction of sp³-hybridized carbons (Fsp3) is 0.533. The van der Waals surface area contributed by atoms with E-state index in [1.807, 2.05) is 26.0 Å². The Morgan fingerprint density at radius 3 is 2.48 bits per heavy atom. The van der Waals surface area contributed by atoms with E-state index in [1.165, 1.54) is 18.4 Å². The number of ether oxygens (including phenoxy) is 1. The fourth-order valence-electron chi connectivity index (χ4n) is 1.90. The smallest absolute Gasteiger partial charge is 0.258 e. The lowest BCUT2D eigenvalue weighted by Crippen LogP contribution is -2.34. The van der Waals surface area contributed by atoms with Gasteiger partial charge >= 0.3 is 0 Å². The molecule has 1 aromatic rings. The standard InChI is InChI=1S/C15H20Br2N2O2/c1-9(2)19-14(20)8-21-15-12(16)5-10(6-13(15)17)7-18-11-3-4-11/h5-6,9,11,18H,3-4,7-8H2,1-2H3,(H,19,20). The van der Waals surface area contributed by atoms with Gasteiger partial charge in [-0.1, -0.05) is 0 Å². The van der Waals surface area contributed by atoms with Crippen LogP contribution in [-0.4, -0.2) is 24.6 Å². The minimum absolute atomic E-state index is 0.00898. The van der Waals surface area contributed by atoms with Crippen molar-refractivity contribution in [2.24, 2.45) is 0 Å². The van der Waals surface area contributed by atoms with Crippen molar-refractivity contribution in [2.45, 2.75) is 45.3 Å². The second-order valence-electron chi connectivity index (χ2n) is 5.55. The molecule has 0 aliphatic heterocycles. The molecule has 0 aromatic heterocycles. The lowest BCUT2D eigenvalue weighted by Gasteiger charge is -2.13. The molecule has 1 aliphatic rings. The summed E-state index contributed by atoms with van der Waals surface area (Å²) in [7, 11) is 0. The van der Waals surface area contributed by atoms with E-state index >= 15 is 0 Å². The number of benzene rings is 1. The Bertz CT molecular complexity index is 493. The molecule has 0 spiro atoms. The highest BCUT2D eigenvalue weighted by atomic mass is 79.9. The minimum Gasteiger partial charge on any atom is -0.481 e. The van der Waals surface area contributed by atoms with E-state index in [0.29, 0.717) is 11.8 Å². The first-order valence-corrected chi connectivity index (χ1v) is 8.67. The predicted octanol–water partition coefficient (Wildman–Crippen LogP) is 3.37. The summed E-state index contributed by atoms with van der Waals surface area (Å²) in [4.78, 5) is 11.6. The van der Waals surface area contributed by atoms with Crippen molar-refractivity contribution in [2.75, 3.05) is 6.61 Å². The molecule has 1 fully saturated rings. The van der Waals surface area contributed by atoms with Crippen LogP contribution in [0.25, 0.3) is 0 Å². The van der Waals surface area contributed by atoms with Gasteiger partial charge in [0.15, 0.2) is 6.61 Å². The summed E-state index contributed by atoms with van der Waals surface area (Å²) in [5, 5.41) is 6.27. The van der Waals surface area contributed by atoms with Crippen LogP contribution < -0.4 is 15.4 Å². The number of carbonyl (C=O) groups excluding carboxylic acids is 1. The monoisotopic (exact) mass is 418 g/mol. The topological polar surface area (TPSA) is 50.4 Å². The molecule has 0 radical (unpaired) electrons. The average Bonchev–Trinajstić information content (AvgIpc) is 3.18. The van der Waals surface area contributed by atoms with Crippen LogP contribution >= 0.6 is 31.9 Å². The molecule has 2 N–H and O–H groups in total. The van der Waals surface area contributed by atoms with E-state index in [2.05, 4.69) is 42.5 Å². The zero-order chi connectivity index (χ0) is 15.4. The largest absolute Gasteiger partial charge is 0.481 e. The molecule has 6 heteroatoms. The summed E-state index contributed by atoms with van der Waals surface area (Å²) in [6, 6.07) is 4.84. The first-order chi connectivity index (χ1) is 9.95. The van der Waals surface area contributed by atoms with Crippen molar-refractivity contribution in [3.8, 4) is 5.75 Å². The first kappa shape index (κ1) is 16.8. The lowest BCUT2D eigenvalue weighted by atomic mass is 10.2. The molecule has 0 saturated heterocycles. The van der Waals surface area contributed by atoms with Gasteiger partial charge in [-0.3, -0.25) is 4.79 Å². The van der Waals surface area contributed by atoms with Crippen LogP contribution in [0.4, 0.5) is 0 Å². The van der Waals surface area contributed by atoms with E-state index in [0.717, 1.165) is 15.5 Å². The number of carbonyl (C=O) groups is 1. The van der Waals surface area contributed by atoms with Gasteiger partial charge in [-0.2, -0.15) is 0 Å². The minimum atomic E-state index is -0.122. The van der Waals surface area contributed by atoms with Gasteiger partial charge in [0.2, 0.25) is 0 Å². The van der Waals surface area contributed by atoms with Gasteiger partial charge in [0, 0.05) is 18.6 Å². The maximum Gasteiger partial charge on any atom is 0.258 e. The Labute approximate surface area is 142 Å². The molecule has 2 rings (SSSR count). The molecule has 1 aliphatic carbocycles. The zero-order valence-electron chi connectivity index (χ0n) is 12.2. The van der Waals surface area contributed by atoms with Gasteiger partial charge in [-0.25, -0.2) is 0 Å². The maximum absolute atomic E-state index is 11.6. The molecule has 1 aromatic carbocycles. The third-order valence-corrected chi connectivity index (χ3v) is 4.21. The van der Waals surface area contributed by atoms with E-state index in [1.54, 1.807) is 0 Å². The van der Waals surface area contributed by atoms with Gasteiger partial charge in [-0.15, -0.1) is 0 Å². The molecule has 1 saturated carbocycles. The van der Waals surface area contributed by atoms with Crippen molar-refractivity contribution < 1.29 is 9.53 Å². The van der Waals surface area contributed by atoms with Crippen LogP contribution in [0.15, 0.2) is 21.1 Å². The van der Waals surface area contributed by atoms with Crippen molar-refractivity contribution in [3.05, 3.63) is 26.6 Å². The lowest BCUT2D eigenvalue weighted by molar-refractivity contribution is -0.123. The molecule has 0 unspecified atom stereocenters. The summed E-state index contributed by atoms with van der Waals surface area (Å²) in [6.07, 6.45) is 2.54. The highest BCUT2D eigenvalue weighted by Gasteiger charge is 2.20. The van der Waals surface area contributed by atoms with Gasteiger partial charge in [-0.05, 0) is 76.2 Å². The molecule has 21 heavy (non-hydrogen) atoms. The summed E-state index contributed by atoms with van der Waals surface area (Å²) in [5.74, 6) is 0.535. The summed E-state index contributed by atoms with van der Waals surface area (Å²) in [5.41, 5.74) is 1.18. The molecule has 0 atom stereocenters. The normalized spacial score (nSPS) is 14.3. The number of hydrogen-bond donors (Lipinski definition) is 2. The second kappa shape index (κ2) is 7.61. The first-order valence-electron chi connectivity index (χ1n) is 7.09. The predicted molar refractivity (Wildman–Crippen MR) is 90.5 cm³/mol. The van der Waals surface area contributed by atoms with Crippen molar-refractivity contribution >= 4 is 37.8 Å². The van der Waals surface area contributed by atoms with Crippen LogP contribution in [0, 0.1) is 0 Å².